The molecule has 0 saturated heterocycles. The van der Waals surface area contributed by atoms with Crippen LogP contribution in [0.25, 0.3) is 0 Å². The van der Waals surface area contributed by atoms with Crippen molar-refractivity contribution in [3.05, 3.63) is 34.3 Å². The molecule has 1 aromatic rings. The first-order chi connectivity index (χ1) is 8.17. The topological polar surface area (TPSA) is 57.6 Å². The van der Waals surface area contributed by atoms with E-state index in [1.165, 1.54) is 25.8 Å². The Balaban J connectivity index is 3.11. The third kappa shape index (κ3) is 2.64. The summed E-state index contributed by atoms with van der Waals surface area (Å²) >= 11 is 6.00. The molecule has 0 unspecified atom stereocenters. The smallest absolute Gasteiger partial charge is 0.329 e. The third-order valence-corrected chi connectivity index (χ3v) is 3.33. The number of carbonyl (C=O) groups is 2. The zero-order chi connectivity index (χ0) is 14.1. The van der Waals surface area contributed by atoms with Gasteiger partial charge >= 0.3 is 5.97 Å². The van der Waals surface area contributed by atoms with Crippen LogP contribution in [-0.2, 0) is 4.79 Å². The molecule has 0 aliphatic carbocycles. The Labute approximate surface area is 111 Å². The molecule has 0 heterocycles. The van der Waals surface area contributed by atoms with Gasteiger partial charge in [-0.25, -0.2) is 4.79 Å². The fourth-order valence-electron chi connectivity index (χ4n) is 1.37. The van der Waals surface area contributed by atoms with Gasteiger partial charge in [0.2, 0.25) is 0 Å². The van der Waals surface area contributed by atoms with Crippen molar-refractivity contribution in [3.63, 3.8) is 0 Å². The summed E-state index contributed by atoms with van der Waals surface area (Å²) in [5, 5.41) is 9.42. The van der Waals surface area contributed by atoms with Crippen LogP contribution >= 0.6 is 11.6 Å². The molecular formula is C13H16ClNO3. The quantitative estimate of drug-likeness (QED) is 0.918. The van der Waals surface area contributed by atoms with Crippen LogP contribution in [0.1, 0.15) is 29.8 Å². The normalized spacial score (nSPS) is 11.2. The molecule has 1 aromatic carbocycles. The van der Waals surface area contributed by atoms with Crippen molar-refractivity contribution in [2.45, 2.75) is 26.3 Å². The van der Waals surface area contributed by atoms with Gasteiger partial charge in [-0.05, 0) is 38.5 Å². The van der Waals surface area contributed by atoms with Gasteiger partial charge in [-0.2, -0.15) is 0 Å². The Morgan fingerprint density at radius 1 is 1.33 bits per heavy atom. The highest BCUT2D eigenvalue weighted by Gasteiger charge is 2.36. The number of amides is 1. The lowest BCUT2D eigenvalue weighted by Crippen LogP contribution is -2.50. The highest BCUT2D eigenvalue weighted by Crippen LogP contribution is 2.22. The lowest BCUT2D eigenvalue weighted by Gasteiger charge is -2.31. The molecule has 4 nitrogen and oxygen atoms in total. The Bertz CT molecular complexity index is 497. The molecule has 0 saturated carbocycles. The molecule has 0 bridgehead atoms. The van der Waals surface area contributed by atoms with Gasteiger partial charge in [-0.15, -0.1) is 0 Å². The average molecular weight is 270 g/mol. The second-order valence-corrected chi connectivity index (χ2v) is 5.12. The summed E-state index contributed by atoms with van der Waals surface area (Å²) in [6.07, 6.45) is 0. The van der Waals surface area contributed by atoms with Gasteiger partial charge in [0.1, 0.15) is 5.54 Å². The zero-order valence-electron chi connectivity index (χ0n) is 10.8. The van der Waals surface area contributed by atoms with Crippen LogP contribution in [0.3, 0.4) is 0 Å². The number of benzene rings is 1. The summed E-state index contributed by atoms with van der Waals surface area (Å²) in [6.45, 7) is 4.80. The number of aliphatic carboxylic acids is 1. The van der Waals surface area contributed by atoms with Crippen LogP contribution < -0.4 is 0 Å². The summed E-state index contributed by atoms with van der Waals surface area (Å²) < 4.78 is 0. The first-order valence-corrected chi connectivity index (χ1v) is 5.83. The van der Waals surface area contributed by atoms with E-state index in [0.717, 1.165) is 5.56 Å². The van der Waals surface area contributed by atoms with Crippen LogP contribution in [0.15, 0.2) is 18.2 Å². The first-order valence-electron chi connectivity index (χ1n) is 5.45. The minimum atomic E-state index is -1.29. The van der Waals surface area contributed by atoms with Crippen molar-refractivity contribution in [2.75, 3.05) is 7.05 Å². The number of aryl methyl sites for hydroxylation is 1. The van der Waals surface area contributed by atoms with Crippen molar-refractivity contribution in [3.8, 4) is 0 Å². The van der Waals surface area contributed by atoms with E-state index >= 15 is 0 Å². The molecule has 0 spiro atoms. The number of halogens is 1. The van der Waals surface area contributed by atoms with Gasteiger partial charge in [0.05, 0.1) is 10.6 Å². The maximum atomic E-state index is 12.2. The summed E-state index contributed by atoms with van der Waals surface area (Å²) in [5.74, 6) is -1.48. The zero-order valence-corrected chi connectivity index (χ0v) is 11.6. The lowest BCUT2D eigenvalue weighted by molar-refractivity contribution is -0.147. The fourth-order valence-corrected chi connectivity index (χ4v) is 1.69. The van der Waals surface area contributed by atoms with Crippen LogP contribution in [0.5, 0.6) is 0 Å². The second kappa shape index (κ2) is 4.98. The number of carboxylic acids is 1. The third-order valence-electron chi connectivity index (χ3n) is 3.02. The monoisotopic (exact) mass is 269 g/mol. The molecule has 0 aromatic heterocycles. The van der Waals surface area contributed by atoms with Gasteiger partial charge in [0, 0.05) is 7.05 Å². The number of carboxylic acid groups (broad SMARTS) is 1. The molecule has 0 aliphatic heterocycles. The first kappa shape index (κ1) is 14.5. The SMILES string of the molecule is Cc1ccc(C(=O)N(C)C(C)(C)C(=O)O)c(Cl)c1. The molecular weight excluding hydrogens is 254 g/mol. The summed E-state index contributed by atoms with van der Waals surface area (Å²) in [5.41, 5.74) is -0.0403. The van der Waals surface area contributed by atoms with Crippen LogP contribution in [0.2, 0.25) is 5.02 Å². The van der Waals surface area contributed by atoms with E-state index < -0.39 is 17.4 Å². The van der Waals surface area contributed by atoms with Gasteiger partial charge in [0.25, 0.3) is 5.91 Å². The predicted molar refractivity (Wildman–Crippen MR) is 70.0 cm³/mol. The maximum absolute atomic E-state index is 12.2. The van der Waals surface area contributed by atoms with E-state index in [4.69, 9.17) is 16.7 Å². The lowest BCUT2D eigenvalue weighted by atomic mass is 10.0. The van der Waals surface area contributed by atoms with Gasteiger partial charge in [0.15, 0.2) is 0 Å². The molecule has 1 rings (SSSR count). The maximum Gasteiger partial charge on any atom is 0.329 e. The number of carbonyl (C=O) groups excluding carboxylic acids is 1. The van der Waals surface area contributed by atoms with E-state index in [1.54, 1.807) is 18.2 Å². The Morgan fingerprint density at radius 3 is 2.33 bits per heavy atom. The second-order valence-electron chi connectivity index (χ2n) is 4.71. The number of hydrogen-bond donors (Lipinski definition) is 1. The van der Waals surface area contributed by atoms with Crippen molar-refractivity contribution in [1.29, 1.82) is 0 Å². The average Bonchev–Trinajstić information content (AvgIpc) is 2.26. The summed E-state index contributed by atoms with van der Waals surface area (Å²) in [7, 11) is 1.45. The van der Waals surface area contributed by atoms with Gasteiger partial charge < -0.3 is 10.0 Å². The molecule has 0 radical (unpaired) electrons. The fraction of sp³-hybridized carbons (Fsp3) is 0.385. The highest BCUT2D eigenvalue weighted by molar-refractivity contribution is 6.34. The van der Waals surface area contributed by atoms with Crippen molar-refractivity contribution < 1.29 is 14.7 Å². The molecule has 0 atom stereocenters. The van der Waals surface area contributed by atoms with E-state index in [9.17, 15) is 9.59 Å². The van der Waals surface area contributed by atoms with Gasteiger partial charge in [-0.3, -0.25) is 4.79 Å². The van der Waals surface area contributed by atoms with E-state index in [-0.39, 0.29) is 0 Å². The molecule has 5 heteroatoms. The van der Waals surface area contributed by atoms with E-state index in [0.29, 0.717) is 10.6 Å². The Morgan fingerprint density at radius 2 is 1.89 bits per heavy atom. The van der Waals surface area contributed by atoms with E-state index in [1.807, 2.05) is 6.92 Å². The van der Waals surface area contributed by atoms with Crippen molar-refractivity contribution in [1.82, 2.24) is 4.90 Å². The van der Waals surface area contributed by atoms with Crippen LogP contribution in [-0.4, -0.2) is 34.5 Å². The van der Waals surface area contributed by atoms with Crippen molar-refractivity contribution in [2.24, 2.45) is 0 Å². The van der Waals surface area contributed by atoms with Crippen molar-refractivity contribution >= 4 is 23.5 Å². The molecule has 1 amide bonds. The minimum absolute atomic E-state index is 0.305. The van der Waals surface area contributed by atoms with Crippen LogP contribution in [0, 0.1) is 6.92 Å². The molecule has 0 fully saturated rings. The Kier molecular flexibility index (Phi) is 4.02. The highest BCUT2D eigenvalue weighted by atomic mass is 35.5. The number of rotatable bonds is 3. The number of likely N-dealkylation sites (N-methyl/N-ethyl adjacent to an activating group) is 1. The van der Waals surface area contributed by atoms with Gasteiger partial charge in [-0.1, -0.05) is 17.7 Å². The summed E-state index contributed by atoms with van der Waals surface area (Å²) in [6, 6.07) is 5.05. The molecule has 1 N–H and O–H groups in total. The predicted octanol–water partition coefficient (Wildman–Crippen LogP) is 2.58. The molecule has 18 heavy (non-hydrogen) atoms. The summed E-state index contributed by atoms with van der Waals surface area (Å²) in [4.78, 5) is 24.5. The van der Waals surface area contributed by atoms with Crippen LogP contribution in [0.4, 0.5) is 0 Å². The standard InChI is InChI=1S/C13H16ClNO3/c1-8-5-6-9(10(14)7-8)11(16)15(4)13(2,3)12(17)18/h5-7H,1-4H3,(H,17,18). The number of hydrogen-bond acceptors (Lipinski definition) is 2. The number of nitrogens with zero attached hydrogens (tertiary/aromatic N) is 1. The largest absolute Gasteiger partial charge is 0.480 e. The minimum Gasteiger partial charge on any atom is -0.480 e. The van der Waals surface area contributed by atoms with E-state index in [2.05, 4.69) is 0 Å². The molecule has 0 aliphatic rings. The Hall–Kier alpha value is -1.55. The molecule has 98 valence electrons.